The van der Waals surface area contributed by atoms with Crippen LogP contribution >= 0.6 is 0 Å². The maximum absolute atomic E-state index is 11.5. The van der Waals surface area contributed by atoms with Gasteiger partial charge in [-0.15, -0.1) is 0 Å². The number of benzene rings is 1. The first-order chi connectivity index (χ1) is 7.59. The van der Waals surface area contributed by atoms with Gasteiger partial charge < -0.3 is 16.2 Å². The lowest BCUT2D eigenvalue weighted by atomic mass is 10.2. The lowest BCUT2D eigenvalue weighted by Gasteiger charge is -2.04. The molecule has 0 saturated carbocycles. The summed E-state index contributed by atoms with van der Waals surface area (Å²) in [5.41, 5.74) is 5.34. The van der Waals surface area contributed by atoms with Crippen LogP contribution < -0.4 is 11.1 Å². The highest BCUT2D eigenvalue weighted by atomic mass is 16.3. The number of nitrogens with two attached hydrogens (primary N) is 1. The Kier molecular flexibility index (Phi) is 4.32. The number of aromatic hydroxyl groups is 1. The quantitative estimate of drug-likeness (QED) is 0.629. The zero-order chi connectivity index (χ0) is 12.0. The number of primary amides is 1. The van der Waals surface area contributed by atoms with Crippen molar-refractivity contribution in [2.75, 3.05) is 6.54 Å². The fourth-order valence-electron chi connectivity index (χ4n) is 1.21. The summed E-state index contributed by atoms with van der Waals surface area (Å²) >= 11 is 0. The molecule has 86 valence electrons. The average molecular weight is 222 g/mol. The van der Waals surface area contributed by atoms with Gasteiger partial charge in [-0.3, -0.25) is 9.59 Å². The van der Waals surface area contributed by atoms with Crippen molar-refractivity contribution >= 4 is 11.8 Å². The zero-order valence-corrected chi connectivity index (χ0v) is 8.77. The van der Waals surface area contributed by atoms with E-state index in [2.05, 4.69) is 5.32 Å². The molecule has 0 bridgehead atoms. The number of phenolic OH excluding ortho intramolecular Hbond substituents is 1. The minimum atomic E-state index is -0.383. The largest absolute Gasteiger partial charge is 0.508 e. The van der Waals surface area contributed by atoms with Crippen molar-refractivity contribution in [3.63, 3.8) is 0 Å². The molecule has 0 fully saturated rings. The summed E-state index contributed by atoms with van der Waals surface area (Å²) in [6.45, 7) is 0.386. The normalized spacial score (nSPS) is 9.75. The Morgan fingerprint density at radius 1 is 1.38 bits per heavy atom. The van der Waals surface area contributed by atoms with Gasteiger partial charge in [0.15, 0.2) is 0 Å². The van der Waals surface area contributed by atoms with Crippen LogP contribution in [0.15, 0.2) is 24.3 Å². The summed E-state index contributed by atoms with van der Waals surface area (Å²) in [4.78, 5) is 21.9. The predicted octanol–water partition coefficient (Wildman–Crippen LogP) is 0.387. The Bertz CT molecular complexity index is 391. The topological polar surface area (TPSA) is 92.4 Å². The molecular weight excluding hydrogens is 208 g/mol. The molecule has 0 aliphatic heterocycles. The van der Waals surface area contributed by atoms with Crippen LogP contribution in [0, 0.1) is 0 Å². The Labute approximate surface area is 93.3 Å². The number of carbonyl (C=O) groups excluding carboxylic acids is 2. The zero-order valence-electron chi connectivity index (χ0n) is 8.77. The number of hydrogen-bond donors (Lipinski definition) is 3. The van der Waals surface area contributed by atoms with E-state index in [-0.39, 0.29) is 24.0 Å². The third kappa shape index (κ3) is 4.00. The van der Waals surface area contributed by atoms with Crippen LogP contribution in [-0.4, -0.2) is 23.5 Å². The molecule has 0 heterocycles. The molecule has 2 amide bonds. The number of rotatable bonds is 5. The van der Waals surface area contributed by atoms with E-state index < -0.39 is 0 Å². The van der Waals surface area contributed by atoms with Crippen LogP contribution in [0.2, 0.25) is 0 Å². The van der Waals surface area contributed by atoms with E-state index in [4.69, 9.17) is 10.8 Å². The second-order valence-electron chi connectivity index (χ2n) is 3.38. The Morgan fingerprint density at radius 2 is 2.12 bits per heavy atom. The van der Waals surface area contributed by atoms with Gasteiger partial charge in [-0.2, -0.15) is 0 Å². The first-order valence-electron chi connectivity index (χ1n) is 4.95. The molecule has 0 unspecified atom stereocenters. The lowest BCUT2D eigenvalue weighted by molar-refractivity contribution is -0.118. The summed E-state index contributed by atoms with van der Waals surface area (Å²) in [5.74, 6) is -0.614. The average Bonchev–Trinajstić information content (AvgIpc) is 2.24. The van der Waals surface area contributed by atoms with Gasteiger partial charge in [0.05, 0.1) is 0 Å². The van der Waals surface area contributed by atoms with E-state index in [1.807, 2.05) is 0 Å². The van der Waals surface area contributed by atoms with Gasteiger partial charge in [0.2, 0.25) is 5.91 Å². The summed E-state index contributed by atoms with van der Waals surface area (Å²) in [5, 5.41) is 11.8. The molecule has 0 atom stereocenters. The third-order valence-electron chi connectivity index (χ3n) is 1.99. The van der Waals surface area contributed by atoms with Crippen molar-refractivity contribution in [1.29, 1.82) is 0 Å². The molecule has 0 aliphatic carbocycles. The molecule has 0 saturated heterocycles. The van der Waals surface area contributed by atoms with Crippen LogP contribution in [-0.2, 0) is 4.79 Å². The molecule has 0 radical (unpaired) electrons. The highest BCUT2D eigenvalue weighted by molar-refractivity contribution is 5.94. The van der Waals surface area contributed by atoms with Gasteiger partial charge in [-0.25, -0.2) is 0 Å². The number of nitrogens with one attached hydrogen (secondary N) is 1. The number of amides is 2. The fourth-order valence-corrected chi connectivity index (χ4v) is 1.21. The van der Waals surface area contributed by atoms with Crippen LogP contribution in [0.3, 0.4) is 0 Å². The maximum Gasteiger partial charge on any atom is 0.251 e. The maximum atomic E-state index is 11.5. The van der Waals surface area contributed by atoms with Crippen molar-refractivity contribution in [3.05, 3.63) is 29.8 Å². The molecule has 5 nitrogen and oxygen atoms in total. The van der Waals surface area contributed by atoms with Crippen molar-refractivity contribution < 1.29 is 14.7 Å². The first kappa shape index (κ1) is 12.0. The van der Waals surface area contributed by atoms with Gasteiger partial charge in [0.1, 0.15) is 5.75 Å². The molecule has 5 heteroatoms. The second kappa shape index (κ2) is 5.75. The number of phenols is 1. The first-order valence-corrected chi connectivity index (χ1v) is 4.95. The second-order valence-corrected chi connectivity index (χ2v) is 3.38. The van der Waals surface area contributed by atoms with Crippen LogP contribution in [0.25, 0.3) is 0 Å². The molecule has 0 aliphatic rings. The molecule has 1 rings (SSSR count). The van der Waals surface area contributed by atoms with Crippen molar-refractivity contribution in [3.8, 4) is 5.75 Å². The van der Waals surface area contributed by atoms with E-state index in [1.54, 1.807) is 12.1 Å². The Balaban J connectivity index is 2.38. The number of carbonyl (C=O) groups is 2. The fraction of sp³-hybridized carbons (Fsp3) is 0.273. The minimum Gasteiger partial charge on any atom is -0.508 e. The van der Waals surface area contributed by atoms with E-state index in [9.17, 15) is 9.59 Å². The Hall–Kier alpha value is -2.04. The molecule has 0 aromatic heterocycles. The smallest absolute Gasteiger partial charge is 0.251 e. The van der Waals surface area contributed by atoms with Crippen LogP contribution in [0.5, 0.6) is 5.75 Å². The summed E-state index contributed by atoms with van der Waals surface area (Å²) < 4.78 is 0. The predicted molar refractivity (Wildman–Crippen MR) is 58.9 cm³/mol. The summed E-state index contributed by atoms with van der Waals surface area (Å²) in [6.07, 6.45) is 0.764. The van der Waals surface area contributed by atoms with Gasteiger partial charge >= 0.3 is 0 Å². The number of hydrogen-bond acceptors (Lipinski definition) is 3. The van der Waals surface area contributed by atoms with Crippen molar-refractivity contribution in [2.45, 2.75) is 12.8 Å². The van der Waals surface area contributed by atoms with Crippen molar-refractivity contribution in [1.82, 2.24) is 5.32 Å². The summed E-state index contributed by atoms with van der Waals surface area (Å²) in [6, 6.07) is 6.06. The molecule has 0 spiro atoms. The molecule has 16 heavy (non-hydrogen) atoms. The molecule has 4 N–H and O–H groups in total. The van der Waals surface area contributed by atoms with E-state index in [1.165, 1.54) is 12.1 Å². The highest BCUT2D eigenvalue weighted by Crippen LogP contribution is 2.10. The van der Waals surface area contributed by atoms with Gasteiger partial charge in [-0.05, 0) is 24.6 Å². The highest BCUT2D eigenvalue weighted by Gasteiger charge is 2.05. The van der Waals surface area contributed by atoms with Crippen molar-refractivity contribution in [2.24, 2.45) is 5.73 Å². The summed E-state index contributed by atoms with van der Waals surface area (Å²) in [7, 11) is 0. The lowest BCUT2D eigenvalue weighted by Crippen LogP contribution is -2.25. The van der Waals surface area contributed by atoms with E-state index >= 15 is 0 Å². The van der Waals surface area contributed by atoms with Crippen LogP contribution in [0.1, 0.15) is 23.2 Å². The van der Waals surface area contributed by atoms with Gasteiger partial charge in [0.25, 0.3) is 5.91 Å². The standard InChI is InChI=1S/C11H14N2O3/c12-10(15)5-2-6-13-11(16)8-3-1-4-9(14)7-8/h1,3-4,7,14H,2,5-6H2,(H2,12,15)(H,13,16). The minimum absolute atomic E-state index is 0.0461. The SMILES string of the molecule is NC(=O)CCCNC(=O)c1cccc(O)c1. The van der Waals surface area contributed by atoms with Gasteiger partial charge in [-0.1, -0.05) is 6.07 Å². The third-order valence-corrected chi connectivity index (χ3v) is 1.99. The van der Waals surface area contributed by atoms with Crippen LogP contribution in [0.4, 0.5) is 0 Å². The molecule has 1 aromatic rings. The van der Waals surface area contributed by atoms with E-state index in [0.29, 0.717) is 18.5 Å². The van der Waals surface area contributed by atoms with Gasteiger partial charge in [0, 0.05) is 18.5 Å². The van der Waals surface area contributed by atoms with E-state index in [0.717, 1.165) is 0 Å². The Morgan fingerprint density at radius 3 is 2.75 bits per heavy atom. The monoisotopic (exact) mass is 222 g/mol. The molecule has 1 aromatic carbocycles. The molecular formula is C11H14N2O3.